The molecule has 3 aliphatic rings. The van der Waals surface area contributed by atoms with Crippen LogP contribution in [0.3, 0.4) is 0 Å². The number of ether oxygens (including phenoxy) is 2. The third-order valence-corrected chi connectivity index (χ3v) is 9.43. The molecule has 5 rings (SSSR count). The molecule has 1 unspecified atom stereocenters. The number of nitrogens with zero attached hydrogens (tertiary/aromatic N) is 3. The topological polar surface area (TPSA) is 108 Å². The molecule has 0 saturated carbocycles. The average molecular weight is 493 g/mol. The predicted octanol–water partition coefficient (Wildman–Crippen LogP) is 1.25. The van der Waals surface area contributed by atoms with Crippen molar-refractivity contribution in [1.29, 1.82) is 0 Å². The van der Waals surface area contributed by atoms with E-state index >= 15 is 0 Å². The van der Waals surface area contributed by atoms with E-state index in [0.29, 0.717) is 60.7 Å². The zero-order chi connectivity index (χ0) is 23.2. The Balaban J connectivity index is 1.26. The molecule has 2 saturated heterocycles. The van der Waals surface area contributed by atoms with Crippen molar-refractivity contribution in [2.45, 2.75) is 16.7 Å². The monoisotopic (exact) mass is 492 g/mol. The van der Waals surface area contributed by atoms with Gasteiger partial charge >= 0.3 is 6.03 Å². The zero-order valence-electron chi connectivity index (χ0n) is 18.0. The Bertz CT molecular complexity index is 1180. The number of sulfonamides is 1. The maximum absolute atomic E-state index is 13.3. The lowest BCUT2D eigenvalue weighted by atomic mass is 9.91. The molecule has 10 nitrogen and oxygen atoms in total. The van der Waals surface area contributed by atoms with Crippen molar-refractivity contribution in [2.75, 3.05) is 46.1 Å². The van der Waals surface area contributed by atoms with Crippen LogP contribution in [-0.2, 0) is 20.4 Å². The molecule has 2 aromatic rings. The van der Waals surface area contributed by atoms with E-state index in [1.165, 1.54) is 20.5 Å². The molecule has 1 aromatic carbocycles. The summed E-state index contributed by atoms with van der Waals surface area (Å²) in [5, 5.41) is 4.54. The Morgan fingerprint density at radius 1 is 1.06 bits per heavy atom. The lowest BCUT2D eigenvalue weighted by Crippen LogP contribution is -2.52. The van der Waals surface area contributed by atoms with Crippen LogP contribution < -0.4 is 14.8 Å². The Hall–Kier alpha value is -2.67. The Morgan fingerprint density at radius 3 is 2.48 bits per heavy atom. The van der Waals surface area contributed by atoms with Gasteiger partial charge in [-0.15, -0.1) is 11.3 Å². The third-order valence-electron chi connectivity index (χ3n) is 6.16. The molecule has 1 atom stereocenters. The van der Waals surface area contributed by atoms with E-state index in [4.69, 9.17) is 9.47 Å². The predicted molar refractivity (Wildman–Crippen MR) is 120 cm³/mol. The van der Waals surface area contributed by atoms with Crippen LogP contribution in [0.4, 0.5) is 4.79 Å². The minimum absolute atomic E-state index is 0.0949. The lowest BCUT2D eigenvalue weighted by molar-refractivity contribution is -0.132. The van der Waals surface area contributed by atoms with Crippen molar-refractivity contribution in [3.63, 3.8) is 0 Å². The van der Waals surface area contributed by atoms with E-state index in [0.717, 1.165) is 0 Å². The molecule has 2 fully saturated rings. The number of benzene rings is 1. The number of fused-ring (bicyclic) bond motifs is 1. The summed E-state index contributed by atoms with van der Waals surface area (Å²) >= 11 is 1.19. The van der Waals surface area contributed by atoms with E-state index in [-0.39, 0.29) is 12.6 Å². The highest BCUT2D eigenvalue weighted by molar-refractivity contribution is 7.91. The Morgan fingerprint density at radius 2 is 1.79 bits per heavy atom. The summed E-state index contributed by atoms with van der Waals surface area (Å²) in [7, 11) is -3.51. The first-order valence-electron chi connectivity index (χ1n) is 10.6. The highest BCUT2D eigenvalue weighted by Crippen LogP contribution is 2.37. The van der Waals surface area contributed by atoms with E-state index in [9.17, 15) is 18.0 Å². The highest BCUT2D eigenvalue weighted by Gasteiger charge is 2.50. The molecule has 33 heavy (non-hydrogen) atoms. The lowest BCUT2D eigenvalue weighted by Gasteiger charge is -2.35. The number of imide groups is 1. The molecular weight excluding hydrogens is 468 g/mol. The molecule has 176 valence electrons. The van der Waals surface area contributed by atoms with Crippen LogP contribution in [0.25, 0.3) is 0 Å². The van der Waals surface area contributed by atoms with Crippen molar-refractivity contribution in [1.82, 2.24) is 19.4 Å². The maximum Gasteiger partial charge on any atom is 0.326 e. The fourth-order valence-electron chi connectivity index (χ4n) is 4.22. The normalized spacial score (nSPS) is 24.2. The summed E-state index contributed by atoms with van der Waals surface area (Å²) in [5.74, 6) is 0.791. The van der Waals surface area contributed by atoms with Crippen molar-refractivity contribution < 1.29 is 27.5 Å². The molecule has 4 heterocycles. The second kappa shape index (κ2) is 8.28. The number of amides is 3. The highest BCUT2D eigenvalue weighted by atomic mass is 32.2. The molecule has 12 heteroatoms. The molecular formula is C21H24N4O6S2. The van der Waals surface area contributed by atoms with Crippen LogP contribution in [0, 0.1) is 0 Å². The molecule has 0 aliphatic carbocycles. The number of urea groups is 1. The van der Waals surface area contributed by atoms with Gasteiger partial charge in [0.2, 0.25) is 0 Å². The molecule has 3 amide bonds. The number of carbonyl (C=O) groups excluding carboxylic acids is 2. The summed E-state index contributed by atoms with van der Waals surface area (Å²) in [6.07, 6.45) is 0. The van der Waals surface area contributed by atoms with E-state index in [2.05, 4.69) is 5.32 Å². The Kier molecular flexibility index (Phi) is 5.55. The van der Waals surface area contributed by atoms with Gasteiger partial charge in [0.05, 0.1) is 6.67 Å². The van der Waals surface area contributed by atoms with Crippen LogP contribution in [0.2, 0.25) is 0 Å². The fourth-order valence-corrected chi connectivity index (χ4v) is 6.79. The smallest absolute Gasteiger partial charge is 0.326 e. The third kappa shape index (κ3) is 3.86. The quantitative estimate of drug-likeness (QED) is 0.626. The van der Waals surface area contributed by atoms with Crippen molar-refractivity contribution in [3.05, 3.63) is 41.3 Å². The number of carbonyl (C=O) groups is 2. The van der Waals surface area contributed by atoms with E-state index < -0.39 is 21.6 Å². The van der Waals surface area contributed by atoms with Gasteiger partial charge < -0.3 is 14.8 Å². The number of hydrogen-bond acceptors (Lipinski definition) is 8. The molecule has 3 aliphatic heterocycles. The van der Waals surface area contributed by atoms with Crippen molar-refractivity contribution in [3.8, 4) is 11.5 Å². The van der Waals surface area contributed by atoms with Gasteiger partial charge in [-0.25, -0.2) is 18.1 Å². The fraction of sp³-hybridized carbons (Fsp3) is 0.429. The van der Waals surface area contributed by atoms with Gasteiger partial charge in [-0.1, -0.05) is 12.1 Å². The molecule has 1 aromatic heterocycles. The maximum atomic E-state index is 13.3. The van der Waals surface area contributed by atoms with E-state index in [1.54, 1.807) is 42.6 Å². The Labute approximate surface area is 195 Å². The summed E-state index contributed by atoms with van der Waals surface area (Å²) in [6.45, 7) is 4.09. The minimum Gasteiger partial charge on any atom is -0.486 e. The van der Waals surface area contributed by atoms with Gasteiger partial charge in [-0.2, -0.15) is 4.31 Å². The minimum atomic E-state index is -3.51. The average Bonchev–Trinajstić information content (AvgIpc) is 3.44. The van der Waals surface area contributed by atoms with Gasteiger partial charge in [0.25, 0.3) is 15.9 Å². The second-order valence-electron chi connectivity index (χ2n) is 8.24. The van der Waals surface area contributed by atoms with Crippen LogP contribution in [0.15, 0.2) is 39.9 Å². The first-order valence-corrected chi connectivity index (χ1v) is 12.9. The van der Waals surface area contributed by atoms with Gasteiger partial charge in [0.1, 0.15) is 23.0 Å². The molecule has 0 spiro atoms. The van der Waals surface area contributed by atoms with Crippen LogP contribution in [0.5, 0.6) is 11.5 Å². The molecule has 1 N–H and O–H groups in total. The number of hydrogen-bond donors (Lipinski definition) is 1. The zero-order valence-corrected chi connectivity index (χ0v) is 19.7. The molecule has 0 bridgehead atoms. The first kappa shape index (κ1) is 22.1. The van der Waals surface area contributed by atoms with E-state index in [1.807, 2.05) is 4.90 Å². The molecule has 0 radical (unpaired) electrons. The summed E-state index contributed by atoms with van der Waals surface area (Å²) in [5.41, 5.74) is -0.614. The number of thiophene rings is 1. The SMILES string of the molecule is CC1(c2ccc3c(c2)OCCO3)NC(=O)N(CN2CCN(S(=O)(=O)c3cccs3)CC2)C1=O. The number of rotatable bonds is 5. The van der Waals surface area contributed by atoms with Crippen molar-refractivity contribution in [2.24, 2.45) is 0 Å². The summed E-state index contributed by atoms with van der Waals surface area (Å²) < 4.78 is 38.4. The van der Waals surface area contributed by atoms with Gasteiger partial charge in [-0.05, 0) is 36.1 Å². The second-order valence-corrected chi connectivity index (χ2v) is 11.4. The number of piperazine rings is 1. The van der Waals surface area contributed by atoms with Crippen LogP contribution in [0.1, 0.15) is 12.5 Å². The van der Waals surface area contributed by atoms with Gasteiger partial charge in [0, 0.05) is 26.2 Å². The van der Waals surface area contributed by atoms with Crippen molar-refractivity contribution >= 4 is 33.3 Å². The van der Waals surface area contributed by atoms with Crippen LogP contribution >= 0.6 is 11.3 Å². The summed E-state index contributed by atoms with van der Waals surface area (Å²) in [4.78, 5) is 29.1. The summed E-state index contributed by atoms with van der Waals surface area (Å²) in [6, 6.07) is 8.05. The van der Waals surface area contributed by atoms with Gasteiger partial charge in [-0.3, -0.25) is 9.69 Å². The van der Waals surface area contributed by atoms with Gasteiger partial charge in [0.15, 0.2) is 11.5 Å². The standard InChI is InChI=1S/C21H24N4O6S2/c1-21(15-4-5-16-17(13-15)31-11-10-30-16)19(26)25(20(27)22-21)14-23-6-8-24(9-7-23)33(28,29)18-3-2-12-32-18/h2-5,12-13H,6-11,14H2,1H3,(H,22,27). The first-order chi connectivity index (χ1) is 15.8. The van der Waals surface area contributed by atoms with Crippen LogP contribution in [-0.4, -0.2) is 80.5 Å². The number of nitrogens with one attached hydrogen (secondary N) is 1. The largest absolute Gasteiger partial charge is 0.486 e.